The Morgan fingerprint density at radius 3 is 3.12 bits per heavy atom. The van der Waals surface area contributed by atoms with Crippen LogP contribution in [0, 0.1) is 0 Å². The van der Waals surface area contributed by atoms with Crippen LogP contribution >= 0.6 is 27.3 Å². The summed E-state index contributed by atoms with van der Waals surface area (Å²) in [4.78, 5) is 1.36. The Morgan fingerprint density at radius 2 is 2.47 bits per heavy atom. The Kier molecular flexibility index (Phi) is 4.76. The third kappa shape index (κ3) is 3.66. The van der Waals surface area contributed by atoms with Crippen molar-refractivity contribution in [1.82, 2.24) is 15.1 Å². The van der Waals surface area contributed by atoms with Crippen molar-refractivity contribution in [1.29, 1.82) is 0 Å². The fourth-order valence-corrected chi connectivity index (χ4v) is 3.45. The molecule has 3 nitrogen and oxygen atoms in total. The summed E-state index contributed by atoms with van der Waals surface area (Å²) in [7, 11) is 0. The molecule has 5 heteroatoms. The molecule has 2 heterocycles. The molecular formula is C12H16BrN3S. The van der Waals surface area contributed by atoms with Gasteiger partial charge in [-0.15, -0.1) is 11.3 Å². The Labute approximate surface area is 114 Å². The van der Waals surface area contributed by atoms with Crippen molar-refractivity contribution >= 4 is 27.3 Å². The van der Waals surface area contributed by atoms with Crippen molar-refractivity contribution in [3.63, 3.8) is 0 Å². The second kappa shape index (κ2) is 6.33. The summed E-state index contributed by atoms with van der Waals surface area (Å²) in [5.74, 6) is 0. The predicted molar refractivity (Wildman–Crippen MR) is 75.3 cm³/mol. The first-order valence-electron chi connectivity index (χ1n) is 5.71. The fourth-order valence-electron chi connectivity index (χ4n) is 1.70. The molecule has 0 amide bonds. The topological polar surface area (TPSA) is 29.9 Å². The second-order valence-electron chi connectivity index (χ2n) is 3.93. The van der Waals surface area contributed by atoms with Gasteiger partial charge in [-0.1, -0.05) is 0 Å². The van der Waals surface area contributed by atoms with Crippen molar-refractivity contribution in [2.45, 2.75) is 25.9 Å². The van der Waals surface area contributed by atoms with Crippen LogP contribution in [-0.4, -0.2) is 16.3 Å². The average Bonchev–Trinajstić information content (AvgIpc) is 2.95. The van der Waals surface area contributed by atoms with Gasteiger partial charge >= 0.3 is 0 Å². The third-order valence-corrected chi connectivity index (χ3v) is 4.67. The second-order valence-corrected chi connectivity index (χ2v) is 5.73. The number of hydrogen-bond acceptors (Lipinski definition) is 3. The highest BCUT2D eigenvalue weighted by molar-refractivity contribution is 9.10. The minimum Gasteiger partial charge on any atom is -0.309 e. The normalized spacial score (nSPS) is 12.8. The van der Waals surface area contributed by atoms with E-state index in [0.29, 0.717) is 6.04 Å². The van der Waals surface area contributed by atoms with Gasteiger partial charge in [0.1, 0.15) is 0 Å². The highest BCUT2D eigenvalue weighted by Crippen LogP contribution is 2.28. The molecule has 0 aromatic carbocycles. The van der Waals surface area contributed by atoms with E-state index in [9.17, 15) is 0 Å². The maximum absolute atomic E-state index is 4.18. The first-order valence-corrected chi connectivity index (χ1v) is 7.38. The molecule has 0 spiro atoms. The molecule has 0 saturated heterocycles. The van der Waals surface area contributed by atoms with Crippen molar-refractivity contribution < 1.29 is 0 Å². The van der Waals surface area contributed by atoms with Gasteiger partial charge in [-0.3, -0.25) is 4.68 Å². The highest BCUT2D eigenvalue weighted by atomic mass is 79.9. The van der Waals surface area contributed by atoms with Crippen molar-refractivity contribution in [2.24, 2.45) is 0 Å². The summed E-state index contributed by atoms with van der Waals surface area (Å²) in [5.41, 5.74) is 0. The summed E-state index contributed by atoms with van der Waals surface area (Å²) in [6.07, 6.45) is 4.91. The first kappa shape index (κ1) is 12.8. The molecule has 1 unspecified atom stereocenters. The lowest BCUT2D eigenvalue weighted by molar-refractivity contribution is 0.509. The minimum absolute atomic E-state index is 0.405. The summed E-state index contributed by atoms with van der Waals surface area (Å²) in [5, 5.41) is 9.82. The van der Waals surface area contributed by atoms with E-state index < -0.39 is 0 Å². The lowest BCUT2D eigenvalue weighted by Gasteiger charge is -2.12. The van der Waals surface area contributed by atoms with E-state index in [0.717, 1.165) is 19.5 Å². The van der Waals surface area contributed by atoms with Gasteiger partial charge in [0.2, 0.25) is 0 Å². The molecule has 0 radical (unpaired) electrons. The molecule has 0 saturated carbocycles. The summed E-state index contributed by atoms with van der Waals surface area (Å²) in [6, 6.07) is 4.46. The predicted octanol–water partition coefficient (Wildman–Crippen LogP) is 3.45. The number of thiophene rings is 1. The molecule has 2 rings (SSSR count). The van der Waals surface area contributed by atoms with E-state index in [1.807, 2.05) is 23.1 Å². The molecular weight excluding hydrogens is 298 g/mol. The van der Waals surface area contributed by atoms with Crippen molar-refractivity contribution in [3.8, 4) is 0 Å². The Morgan fingerprint density at radius 1 is 1.59 bits per heavy atom. The Balaban J connectivity index is 1.70. The maximum Gasteiger partial charge on any atom is 0.0489 e. The van der Waals surface area contributed by atoms with Crippen molar-refractivity contribution in [3.05, 3.63) is 39.3 Å². The largest absolute Gasteiger partial charge is 0.309 e. The smallest absolute Gasteiger partial charge is 0.0489 e. The summed E-state index contributed by atoms with van der Waals surface area (Å²) >= 11 is 5.35. The Hall–Kier alpha value is -0.650. The standard InChI is InChI=1S/C12H16BrN3S/c1-10(12-11(13)4-9-17-12)14-5-2-7-16-8-3-6-15-16/h3-4,6,8-10,14H,2,5,7H2,1H3. The highest BCUT2D eigenvalue weighted by Gasteiger charge is 2.09. The first-order chi connectivity index (χ1) is 8.27. The van der Waals surface area contributed by atoms with Crippen LogP contribution in [-0.2, 0) is 6.54 Å². The number of nitrogens with one attached hydrogen (secondary N) is 1. The van der Waals surface area contributed by atoms with Crippen molar-refractivity contribution in [2.75, 3.05) is 6.54 Å². The molecule has 17 heavy (non-hydrogen) atoms. The lowest BCUT2D eigenvalue weighted by Crippen LogP contribution is -2.20. The number of aromatic nitrogens is 2. The molecule has 0 fully saturated rings. The van der Waals surface area contributed by atoms with E-state index in [2.05, 4.69) is 44.7 Å². The van der Waals surface area contributed by atoms with Crippen LogP contribution in [0.3, 0.4) is 0 Å². The SMILES string of the molecule is CC(NCCCn1cccn1)c1sccc1Br. The zero-order valence-electron chi connectivity index (χ0n) is 9.77. The quantitative estimate of drug-likeness (QED) is 0.828. The summed E-state index contributed by atoms with van der Waals surface area (Å²) < 4.78 is 3.17. The van der Waals surface area contributed by atoms with Gasteiger partial charge in [0.25, 0.3) is 0 Å². The van der Waals surface area contributed by atoms with Crippen LogP contribution < -0.4 is 5.32 Å². The van der Waals surface area contributed by atoms with Crippen LogP contribution in [0.1, 0.15) is 24.3 Å². The van der Waals surface area contributed by atoms with Gasteiger partial charge in [-0.25, -0.2) is 0 Å². The molecule has 2 aromatic rings. The average molecular weight is 314 g/mol. The zero-order chi connectivity index (χ0) is 12.1. The molecule has 0 aliphatic carbocycles. The number of halogens is 1. The minimum atomic E-state index is 0.405. The Bertz CT molecular complexity index is 438. The van der Waals surface area contributed by atoms with Crippen LogP contribution in [0.2, 0.25) is 0 Å². The number of rotatable bonds is 6. The monoisotopic (exact) mass is 313 g/mol. The van der Waals surface area contributed by atoms with E-state index in [-0.39, 0.29) is 0 Å². The van der Waals surface area contributed by atoms with Gasteiger partial charge in [0.05, 0.1) is 0 Å². The van der Waals surface area contributed by atoms with E-state index >= 15 is 0 Å². The molecule has 1 atom stereocenters. The molecule has 2 aromatic heterocycles. The van der Waals surface area contributed by atoms with Gasteiger partial charge < -0.3 is 5.32 Å². The van der Waals surface area contributed by atoms with E-state index in [4.69, 9.17) is 0 Å². The van der Waals surface area contributed by atoms with Crippen LogP contribution in [0.25, 0.3) is 0 Å². The third-order valence-electron chi connectivity index (χ3n) is 2.61. The fraction of sp³-hybridized carbons (Fsp3) is 0.417. The molecule has 0 bridgehead atoms. The van der Waals surface area contributed by atoms with Gasteiger partial charge in [0, 0.05) is 34.3 Å². The maximum atomic E-state index is 4.18. The number of nitrogens with zero attached hydrogens (tertiary/aromatic N) is 2. The van der Waals surface area contributed by atoms with Gasteiger partial charge in [-0.05, 0) is 53.3 Å². The van der Waals surface area contributed by atoms with Crippen LogP contribution in [0.5, 0.6) is 0 Å². The number of hydrogen-bond donors (Lipinski definition) is 1. The lowest BCUT2D eigenvalue weighted by atomic mass is 10.2. The summed E-state index contributed by atoms with van der Waals surface area (Å²) in [6.45, 7) is 4.17. The van der Waals surface area contributed by atoms with Crippen LogP contribution in [0.4, 0.5) is 0 Å². The molecule has 1 N–H and O–H groups in total. The molecule has 92 valence electrons. The van der Waals surface area contributed by atoms with E-state index in [1.165, 1.54) is 9.35 Å². The van der Waals surface area contributed by atoms with Crippen LogP contribution in [0.15, 0.2) is 34.4 Å². The van der Waals surface area contributed by atoms with Gasteiger partial charge in [-0.2, -0.15) is 5.10 Å². The molecule has 0 aliphatic heterocycles. The van der Waals surface area contributed by atoms with Gasteiger partial charge in [0.15, 0.2) is 0 Å². The molecule has 0 aliphatic rings. The number of aryl methyl sites for hydroxylation is 1. The van der Waals surface area contributed by atoms with E-state index in [1.54, 1.807) is 11.3 Å². The zero-order valence-corrected chi connectivity index (χ0v) is 12.2.